The number of benzene rings is 2. The van der Waals surface area contributed by atoms with E-state index in [1.54, 1.807) is 16.7 Å². The zero-order chi connectivity index (χ0) is 26.6. The van der Waals surface area contributed by atoms with Crippen LogP contribution in [0.15, 0.2) is 48.5 Å². The zero-order valence-electron chi connectivity index (χ0n) is 22.6. The summed E-state index contributed by atoms with van der Waals surface area (Å²) in [5.74, 6) is 1.05. The van der Waals surface area contributed by atoms with Gasteiger partial charge in [0.05, 0.1) is 6.04 Å². The lowest BCUT2D eigenvalue weighted by Gasteiger charge is -2.39. The number of ether oxygens (including phenoxy) is 1. The normalized spacial score (nSPS) is 20.7. The number of hydrogen-bond donors (Lipinski definition) is 0. The summed E-state index contributed by atoms with van der Waals surface area (Å²) >= 11 is 0. The van der Waals surface area contributed by atoms with Crippen molar-refractivity contribution < 1.29 is 19.1 Å². The summed E-state index contributed by atoms with van der Waals surface area (Å²) in [6.45, 7) is 6.40. The molecule has 2 unspecified atom stereocenters. The molecule has 0 spiro atoms. The third-order valence-corrected chi connectivity index (χ3v) is 8.41. The van der Waals surface area contributed by atoms with Crippen molar-refractivity contribution in [3.8, 4) is 5.75 Å². The first-order chi connectivity index (χ1) is 18.5. The molecule has 1 aliphatic carbocycles. The number of hydrogen-bond acceptors (Lipinski definition) is 4. The number of nitrogens with zero attached hydrogens (tertiary/aromatic N) is 3. The molecule has 2 aromatic carbocycles. The van der Waals surface area contributed by atoms with Crippen LogP contribution in [0.2, 0.25) is 0 Å². The first-order valence-corrected chi connectivity index (χ1v) is 14.2. The standard InChI is InChI=1S/C31H39N3O4/c1-3-28(31(37)33-19-17-32(18-20-33)22(2)35)38-26-14-13-23-15-16-34(30(36)25-11-7-8-12-25)29(27(23)21-26)24-9-5-4-6-10-24/h4-6,9-10,13-14,21,25,28-29H,3,7-8,11-12,15-20H2,1-2H3. The minimum absolute atomic E-state index is 0.0360. The second kappa shape index (κ2) is 11.6. The van der Waals surface area contributed by atoms with Crippen LogP contribution in [0.1, 0.15) is 68.7 Å². The van der Waals surface area contributed by atoms with E-state index < -0.39 is 6.10 Å². The second-order valence-corrected chi connectivity index (χ2v) is 10.8. The molecule has 202 valence electrons. The summed E-state index contributed by atoms with van der Waals surface area (Å²) in [6.07, 6.45) is 5.00. The molecule has 38 heavy (non-hydrogen) atoms. The first-order valence-electron chi connectivity index (χ1n) is 14.2. The van der Waals surface area contributed by atoms with Gasteiger partial charge in [-0.2, -0.15) is 0 Å². The molecule has 7 nitrogen and oxygen atoms in total. The number of rotatable bonds is 6. The Morgan fingerprint density at radius 3 is 2.26 bits per heavy atom. The van der Waals surface area contributed by atoms with Crippen molar-refractivity contribution in [3.63, 3.8) is 0 Å². The zero-order valence-corrected chi connectivity index (χ0v) is 22.6. The van der Waals surface area contributed by atoms with Crippen LogP contribution in [0.3, 0.4) is 0 Å². The van der Waals surface area contributed by atoms with Crippen molar-refractivity contribution in [2.45, 2.75) is 64.5 Å². The lowest BCUT2D eigenvalue weighted by Crippen LogP contribution is -2.53. The van der Waals surface area contributed by atoms with Gasteiger partial charge in [0.1, 0.15) is 5.75 Å². The monoisotopic (exact) mass is 517 g/mol. The molecule has 3 aliphatic rings. The van der Waals surface area contributed by atoms with E-state index >= 15 is 0 Å². The number of carbonyl (C=O) groups is 3. The van der Waals surface area contributed by atoms with Crippen molar-refractivity contribution in [1.82, 2.24) is 14.7 Å². The maximum absolute atomic E-state index is 13.7. The number of piperazine rings is 1. The van der Waals surface area contributed by atoms with Gasteiger partial charge in [0.25, 0.3) is 5.91 Å². The molecule has 0 aromatic heterocycles. The van der Waals surface area contributed by atoms with E-state index in [1.165, 1.54) is 5.56 Å². The topological polar surface area (TPSA) is 70.2 Å². The van der Waals surface area contributed by atoms with E-state index in [4.69, 9.17) is 4.74 Å². The Labute approximate surface area is 225 Å². The summed E-state index contributed by atoms with van der Waals surface area (Å²) in [5.41, 5.74) is 3.41. The van der Waals surface area contributed by atoms with Crippen LogP contribution in [0.5, 0.6) is 5.75 Å². The van der Waals surface area contributed by atoms with Crippen LogP contribution in [0.4, 0.5) is 0 Å². The van der Waals surface area contributed by atoms with Gasteiger partial charge in [-0.25, -0.2) is 0 Å². The molecule has 2 atom stereocenters. The fourth-order valence-corrected chi connectivity index (χ4v) is 6.22. The third-order valence-electron chi connectivity index (χ3n) is 8.41. The summed E-state index contributed by atoms with van der Waals surface area (Å²) in [5, 5.41) is 0. The maximum atomic E-state index is 13.7. The fourth-order valence-electron chi connectivity index (χ4n) is 6.22. The maximum Gasteiger partial charge on any atom is 0.263 e. The van der Waals surface area contributed by atoms with Gasteiger partial charge in [0, 0.05) is 45.6 Å². The van der Waals surface area contributed by atoms with Gasteiger partial charge < -0.3 is 19.4 Å². The van der Waals surface area contributed by atoms with Gasteiger partial charge in [-0.15, -0.1) is 0 Å². The Kier molecular flexibility index (Phi) is 8.01. The molecule has 7 heteroatoms. The molecule has 1 saturated carbocycles. The number of amides is 3. The predicted molar refractivity (Wildman–Crippen MR) is 146 cm³/mol. The van der Waals surface area contributed by atoms with Crippen molar-refractivity contribution >= 4 is 17.7 Å². The van der Waals surface area contributed by atoms with Crippen LogP contribution in [-0.2, 0) is 20.8 Å². The molecule has 2 heterocycles. The van der Waals surface area contributed by atoms with E-state index in [0.717, 1.165) is 43.2 Å². The van der Waals surface area contributed by atoms with Crippen LogP contribution in [0, 0.1) is 5.92 Å². The van der Waals surface area contributed by atoms with Crippen molar-refractivity contribution in [1.29, 1.82) is 0 Å². The highest BCUT2D eigenvalue weighted by Gasteiger charge is 2.37. The molecule has 2 fully saturated rings. The number of fused-ring (bicyclic) bond motifs is 1. The van der Waals surface area contributed by atoms with Crippen LogP contribution in [0.25, 0.3) is 0 Å². The molecular weight excluding hydrogens is 478 g/mol. The third kappa shape index (κ3) is 5.42. The van der Waals surface area contributed by atoms with E-state index in [1.807, 2.05) is 37.3 Å². The highest BCUT2D eigenvalue weighted by Crippen LogP contribution is 2.39. The Morgan fingerprint density at radius 1 is 0.921 bits per heavy atom. The molecule has 2 aliphatic heterocycles. The van der Waals surface area contributed by atoms with Gasteiger partial charge >= 0.3 is 0 Å². The molecule has 3 amide bonds. The fraction of sp³-hybridized carbons (Fsp3) is 0.516. The number of carbonyl (C=O) groups excluding carboxylic acids is 3. The van der Waals surface area contributed by atoms with Crippen LogP contribution < -0.4 is 4.74 Å². The van der Waals surface area contributed by atoms with E-state index in [0.29, 0.717) is 44.9 Å². The molecule has 0 bridgehead atoms. The molecular formula is C31H39N3O4. The Hall–Kier alpha value is -3.35. The molecule has 2 aromatic rings. The first kappa shape index (κ1) is 26.3. The molecule has 0 N–H and O–H groups in total. The van der Waals surface area contributed by atoms with Crippen LogP contribution >= 0.6 is 0 Å². The molecule has 1 saturated heterocycles. The lowest BCUT2D eigenvalue weighted by atomic mass is 9.87. The van der Waals surface area contributed by atoms with Crippen LogP contribution in [-0.4, -0.2) is 71.2 Å². The quantitative estimate of drug-likeness (QED) is 0.576. The smallest absolute Gasteiger partial charge is 0.263 e. The lowest BCUT2D eigenvalue weighted by molar-refractivity contribution is -0.143. The minimum atomic E-state index is -0.591. The average molecular weight is 518 g/mol. The average Bonchev–Trinajstić information content (AvgIpc) is 3.50. The predicted octanol–water partition coefficient (Wildman–Crippen LogP) is 4.20. The van der Waals surface area contributed by atoms with Gasteiger partial charge in [-0.05, 0) is 54.5 Å². The van der Waals surface area contributed by atoms with Crippen molar-refractivity contribution in [2.24, 2.45) is 5.92 Å². The minimum Gasteiger partial charge on any atom is -0.481 e. The van der Waals surface area contributed by atoms with Crippen molar-refractivity contribution in [3.05, 3.63) is 65.2 Å². The molecule has 5 rings (SSSR count). The highest BCUT2D eigenvalue weighted by molar-refractivity contribution is 5.82. The largest absolute Gasteiger partial charge is 0.481 e. The Balaban J connectivity index is 1.38. The highest BCUT2D eigenvalue weighted by atomic mass is 16.5. The van der Waals surface area contributed by atoms with E-state index in [2.05, 4.69) is 23.1 Å². The van der Waals surface area contributed by atoms with E-state index in [-0.39, 0.29) is 29.7 Å². The summed E-state index contributed by atoms with van der Waals surface area (Å²) in [6, 6.07) is 16.2. The van der Waals surface area contributed by atoms with Crippen molar-refractivity contribution in [2.75, 3.05) is 32.7 Å². The Morgan fingerprint density at radius 2 is 1.61 bits per heavy atom. The molecule has 0 radical (unpaired) electrons. The van der Waals surface area contributed by atoms with Gasteiger partial charge in [0.2, 0.25) is 11.8 Å². The SMILES string of the molecule is CCC(Oc1ccc2c(c1)C(c1ccccc1)N(C(=O)C1CCCC1)CC2)C(=O)N1CCN(C(C)=O)CC1. The Bertz CT molecular complexity index is 1150. The van der Waals surface area contributed by atoms with Gasteiger partial charge in [-0.1, -0.05) is 56.2 Å². The summed E-state index contributed by atoms with van der Waals surface area (Å²) in [4.78, 5) is 44.3. The summed E-state index contributed by atoms with van der Waals surface area (Å²) < 4.78 is 6.32. The second-order valence-electron chi connectivity index (χ2n) is 10.8. The van der Waals surface area contributed by atoms with E-state index in [9.17, 15) is 14.4 Å². The van der Waals surface area contributed by atoms with Gasteiger partial charge in [-0.3, -0.25) is 14.4 Å². The summed E-state index contributed by atoms with van der Waals surface area (Å²) in [7, 11) is 0. The van der Waals surface area contributed by atoms with Gasteiger partial charge in [0.15, 0.2) is 6.10 Å².